The molecule has 0 saturated heterocycles. The predicted octanol–water partition coefficient (Wildman–Crippen LogP) is 0.219. The Labute approximate surface area is 117 Å². The van der Waals surface area contributed by atoms with Crippen LogP contribution in [0.2, 0.25) is 0 Å². The number of benzene rings is 1. The lowest BCUT2D eigenvalue weighted by molar-refractivity contribution is -0.659. The van der Waals surface area contributed by atoms with Crippen molar-refractivity contribution in [1.82, 2.24) is 5.32 Å². The first-order chi connectivity index (χ1) is 9.51. The number of quaternary nitrogens is 1. The summed E-state index contributed by atoms with van der Waals surface area (Å²) in [6, 6.07) is 5.41. The van der Waals surface area contributed by atoms with Crippen LogP contribution in [-0.4, -0.2) is 19.5 Å². The number of hydrogen-bond donors (Lipinski definition) is 2. The molecule has 2 aromatic rings. The lowest BCUT2D eigenvalue weighted by Crippen LogP contribution is -2.85. The molecule has 0 bridgehead atoms. The minimum absolute atomic E-state index is 0.0377. The molecule has 0 spiro atoms. The summed E-state index contributed by atoms with van der Waals surface area (Å²) in [4.78, 5) is 22.8. The fraction of sp³-hybridized carbons (Fsp3) is 0.333. The largest absolute Gasteiger partial charge is 0.423 e. The van der Waals surface area contributed by atoms with Crippen LogP contribution < -0.4 is 16.3 Å². The van der Waals surface area contributed by atoms with E-state index in [4.69, 9.17) is 4.42 Å². The topological polar surface area (TPSA) is 75.9 Å². The van der Waals surface area contributed by atoms with Crippen LogP contribution in [0.15, 0.2) is 27.4 Å². The number of fused-ring (bicyclic) bond motifs is 1. The molecule has 0 aliphatic heterocycles. The van der Waals surface area contributed by atoms with Gasteiger partial charge in [0.05, 0.1) is 0 Å². The average Bonchev–Trinajstić information content (AvgIpc) is 2.40. The maximum atomic E-state index is 11.6. The van der Waals surface area contributed by atoms with Crippen LogP contribution in [0.4, 0.5) is 0 Å². The number of rotatable bonds is 4. The molecule has 1 aromatic carbocycles. The van der Waals surface area contributed by atoms with E-state index in [1.54, 1.807) is 7.05 Å². The Kier molecular flexibility index (Phi) is 4.20. The number of carbonyl (C=O) groups excluding carboxylic acids is 1. The van der Waals surface area contributed by atoms with Crippen molar-refractivity contribution in [2.45, 2.75) is 20.4 Å². The van der Waals surface area contributed by atoms with Crippen molar-refractivity contribution in [1.29, 1.82) is 0 Å². The summed E-state index contributed by atoms with van der Waals surface area (Å²) in [6.07, 6.45) is 0. The highest BCUT2D eigenvalue weighted by molar-refractivity contribution is 5.81. The molecule has 20 heavy (non-hydrogen) atoms. The van der Waals surface area contributed by atoms with Gasteiger partial charge in [-0.2, -0.15) is 0 Å². The summed E-state index contributed by atoms with van der Waals surface area (Å²) in [7, 11) is 1.61. The van der Waals surface area contributed by atoms with Gasteiger partial charge in [-0.05, 0) is 37.1 Å². The van der Waals surface area contributed by atoms with E-state index in [0.717, 1.165) is 22.1 Å². The summed E-state index contributed by atoms with van der Waals surface area (Å²) in [5, 5.41) is 5.36. The van der Waals surface area contributed by atoms with Gasteiger partial charge >= 0.3 is 5.63 Å². The first kappa shape index (κ1) is 14.3. The number of nitrogens with two attached hydrogens (primary N) is 1. The monoisotopic (exact) mass is 275 g/mol. The van der Waals surface area contributed by atoms with Gasteiger partial charge in [-0.15, -0.1) is 0 Å². The molecule has 0 aliphatic carbocycles. The van der Waals surface area contributed by atoms with Gasteiger partial charge in [-0.1, -0.05) is 0 Å². The smallest absolute Gasteiger partial charge is 0.336 e. The third-order valence-corrected chi connectivity index (χ3v) is 3.42. The van der Waals surface area contributed by atoms with Gasteiger partial charge in [0.1, 0.15) is 12.1 Å². The third-order valence-electron chi connectivity index (χ3n) is 3.42. The average molecular weight is 275 g/mol. The second kappa shape index (κ2) is 5.88. The number of amides is 1. The zero-order valence-corrected chi connectivity index (χ0v) is 11.9. The van der Waals surface area contributed by atoms with E-state index in [9.17, 15) is 9.59 Å². The number of nitrogens with one attached hydrogen (secondary N) is 1. The molecule has 106 valence electrons. The summed E-state index contributed by atoms with van der Waals surface area (Å²) in [5.41, 5.74) is 3.38. The van der Waals surface area contributed by atoms with Crippen LogP contribution in [0.5, 0.6) is 0 Å². The lowest BCUT2D eigenvalue weighted by atomic mass is 10.0. The van der Waals surface area contributed by atoms with Gasteiger partial charge in [0.25, 0.3) is 5.91 Å². The molecule has 5 nitrogen and oxygen atoms in total. The highest BCUT2D eigenvalue weighted by atomic mass is 16.4. The van der Waals surface area contributed by atoms with E-state index >= 15 is 0 Å². The molecule has 3 N–H and O–H groups in total. The molecule has 1 heterocycles. The molecule has 0 radical (unpaired) electrons. The van der Waals surface area contributed by atoms with Crippen molar-refractivity contribution >= 4 is 16.9 Å². The van der Waals surface area contributed by atoms with Gasteiger partial charge < -0.3 is 15.1 Å². The van der Waals surface area contributed by atoms with Gasteiger partial charge in [0.15, 0.2) is 6.54 Å². The lowest BCUT2D eigenvalue weighted by Gasteiger charge is -2.07. The van der Waals surface area contributed by atoms with Crippen LogP contribution in [0.25, 0.3) is 11.0 Å². The van der Waals surface area contributed by atoms with E-state index in [-0.39, 0.29) is 11.5 Å². The van der Waals surface area contributed by atoms with Crippen molar-refractivity contribution in [2.75, 3.05) is 13.6 Å². The third kappa shape index (κ3) is 3.05. The Bertz CT molecular complexity index is 704. The quantitative estimate of drug-likeness (QED) is 0.784. The second-order valence-electron chi connectivity index (χ2n) is 4.89. The predicted molar refractivity (Wildman–Crippen MR) is 76.5 cm³/mol. The van der Waals surface area contributed by atoms with Gasteiger partial charge in [0, 0.05) is 24.1 Å². The first-order valence-corrected chi connectivity index (χ1v) is 6.57. The second-order valence-corrected chi connectivity index (χ2v) is 4.89. The van der Waals surface area contributed by atoms with Crippen molar-refractivity contribution in [3.8, 4) is 0 Å². The van der Waals surface area contributed by atoms with Crippen molar-refractivity contribution in [3.05, 3.63) is 45.3 Å². The molecule has 0 fully saturated rings. The Balaban J connectivity index is 2.34. The van der Waals surface area contributed by atoms with Crippen LogP contribution in [0, 0.1) is 13.8 Å². The molecule has 2 rings (SSSR count). The zero-order valence-electron chi connectivity index (χ0n) is 11.9. The van der Waals surface area contributed by atoms with Crippen LogP contribution in [0.1, 0.15) is 16.7 Å². The van der Waals surface area contributed by atoms with E-state index in [1.165, 1.54) is 6.07 Å². The van der Waals surface area contributed by atoms with E-state index in [1.807, 2.05) is 31.3 Å². The molecule has 0 aliphatic rings. The molecule has 0 unspecified atom stereocenters. The SMILES string of the molecule is CNC(=O)C[NH2+]Cc1cc(=O)oc2cc(C)c(C)cc12. The molecule has 1 aromatic heterocycles. The summed E-state index contributed by atoms with van der Waals surface area (Å²) < 4.78 is 5.24. The van der Waals surface area contributed by atoms with Gasteiger partial charge in [-0.3, -0.25) is 4.79 Å². The van der Waals surface area contributed by atoms with Gasteiger partial charge in [0.2, 0.25) is 0 Å². The van der Waals surface area contributed by atoms with Crippen LogP contribution >= 0.6 is 0 Å². The fourth-order valence-electron chi connectivity index (χ4n) is 2.11. The normalized spacial score (nSPS) is 10.8. The fourth-order valence-corrected chi connectivity index (χ4v) is 2.11. The zero-order chi connectivity index (χ0) is 14.7. The minimum Gasteiger partial charge on any atom is -0.423 e. The van der Waals surface area contributed by atoms with Gasteiger partial charge in [-0.25, -0.2) is 4.79 Å². The number of hydrogen-bond acceptors (Lipinski definition) is 3. The summed E-state index contributed by atoms with van der Waals surface area (Å²) in [6.45, 7) is 4.91. The maximum absolute atomic E-state index is 11.6. The number of aryl methyl sites for hydroxylation is 2. The molecule has 1 amide bonds. The Hall–Kier alpha value is -2.14. The Morgan fingerprint density at radius 2 is 1.95 bits per heavy atom. The molecular weight excluding hydrogens is 256 g/mol. The summed E-state index contributed by atoms with van der Waals surface area (Å²) >= 11 is 0. The van der Waals surface area contributed by atoms with E-state index < -0.39 is 0 Å². The van der Waals surface area contributed by atoms with Crippen molar-refractivity contribution in [2.24, 2.45) is 0 Å². The number of carbonyl (C=O) groups is 1. The van der Waals surface area contributed by atoms with Crippen LogP contribution in [-0.2, 0) is 11.3 Å². The van der Waals surface area contributed by atoms with E-state index in [2.05, 4.69) is 5.32 Å². The molecular formula is C15H19N2O3+. The van der Waals surface area contributed by atoms with Crippen LogP contribution in [0.3, 0.4) is 0 Å². The molecule has 5 heteroatoms. The Morgan fingerprint density at radius 3 is 2.65 bits per heavy atom. The Morgan fingerprint density at radius 1 is 1.25 bits per heavy atom. The summed E-state index contributed by atoms with van der Waals surface area (Å²) in [5.74, 6) is -0.0377. The minimum atomic E-state index is -0.357. The highest BCUT2D eigenvalue weighted by Gasteiger charge is 2.10. The number of likely N-dealkylation sites (N-methyl/N-ethyl adjacent to an activating group) is 1. The maximum Gasteiger partial charge on any atom is 0.336 e. The molecule has 0 saturated carbocycles. The highest BCUT2D eigenvalue weighted by Crippen LogP contribution is 2.20. The van der Waals surface area contributed by atoms with Crippen molar-refractivity contribution in [3.63, 3.8) is 0 Å². The van der Waals surface area contributed by atoms with E-state index in [0.29, 0.717) is 18.7 Å². The molecule has 0 atom stereocenters. The standard InChI is InChI=1S/C15H18N2O3/c1-9-4-12-11(7-17-8-14(18)16-3)6-15(19)20-13(12)5-10(9)2/h4-6,17H,7-8H2,1-3H3,(H,16,18)/p+1. The van der Waals surface area contributed by atoms with Crippen molar-refractivity contribution < 1.29 is 14.5 Å². The first-order valence-electron chi connectivity index (χ1n) is 6.57.